The fourth-order valence-corrected chi connectivity index (χ4v) is 4.06. The van der Waals surface area contributed by atoms with Crippen LogP contribution in [0.3, 0.4) is 0 Å². The molecule has 1 aromatic heterocycles. The van der Waals surface area contributed by atoms with E-state index in [1.807, 2.05) is 55.1 Å². The van der Waals surface area contributed by atoms with E-state index in [9.17, 15) is 9.18 Å². The van der Waals surface area contributed by atoms with Crippen LogP contribution in [0.4, 0.5) is 10.1 Å². The molecule has 1 amide bonds. The second kappa shape index (κ2) is 9.10. The van der Waals surface area contributed by atoms with Gasteiger partial charge < -0.3 is 9.88 Å². The molecule has 27 heavy (non-hydrogen) atoms. The van der Waals surface area contributed by atoms with Gasteiger partial charge in [-0.1, -0.05) is 30.3 Å². The zero-order valence-electron chi connectivity index (χ0n) is 15.1. The number of nitrogens with zero attached hydrogens (tertiary/aromatic N) is 2. The topological polar surface area (TPSA) is 46.9 Å². The van der Waals surface area contributed by atoms with Crippen LogP contribution in [0.5, 0.6) is 0 Å². The van der Waals surface area contributed by atoms with Gasteiger partial charge in [-0.25, -0.2) is 9.37 Å². The van der Waals surface area contributed by atoms with E-state index in [1.165, 1.54) is 29.5 Å². The Morgan fingerprint density at radius 2 is 2.04 bits per heavy atom. The third-order valence-corrected chi connectivity index (χ3v) is 6.26. The second-order valence-electron chi connectivity index (χ2n) is 5.99. The highest BCUT2D eigenvalue weighted by molar-refractivity contribution is 8.00. The molecule has 1 heterocycles. The quantitative estimate of drug-likeness (QED) is 0.607. The van der Waals surface area contributed by atoms with Gasteiger partial charge >= 0.3 is 0 Å². The van der Waals surface area contributed by atoms with Crippen molar-refractivity contribution in [2.45, 2.75) is 28.0 Å². The van der Waals surface area contributed by atoms with E-state index in [0.29, 0.717) is 5.69 Å². The number of benzene rings is 2. The molecule has 1 unspecified atom stereocenters. The summed E-state index contributed by atoms with van der Waals surface area (Å²) in [4.78, 5) is 17.6. The molecule has 4 nitrogen and oxygen atoms in total. The number of anilines is 1. The highest BCUT2D eigenvalue weighted by Gasteiger charge is 2.17. The predicted octanol–water partition coefficient (Wildman–Crippen LogP) is 4.97. The van der Waals surface area contributed by atoms with Gasteiger partial charge in [-0.05, 0) is 42.4 Å². The molecule has 140 valence electrons. The Balaban J connectivity index is 1.67. The molecule has 0 aliphatic carbocycles. The number of hydrogen-bond acceptors (Lipinski definition) is 4. The summed E-state index contributed by atoms with van der Waals surface area (Å²) in [6, 6.07) is 14.4. The first-order valence-electron chi connectivity index (χ1n) is 8.44. The Morgan fingerprint density at radius 1 is 1.26 bits per heavy atom. The van der Waals surface area contributed by atoms with Crippen molar-refractivity contribution in [1.82, 2.24) is 9.55 Å². The molecule has 7 heteroatoms. The molecule has 0 radical (unpaired) electrons. The fourth-order valence-electron chi connectivity index (χ4n) is 2.34. The third kappa shape index (κ3) is 5.37. The lowest BCUT2D eigenvalue weighted by Gasteiger charge is -2.15. The molecule has 0 saturated heterocycles. The lowest BCUT2D eigenvalue weighted by Crippen LogP contribution is -2.23. The van der Waals surface area contributed by atoms with Gasteiger partial charge in [0.2, 0.25) is 5.91 Å². The molecular formula is C20H20FN3OS2. The minimum Gasteiger partial charge on any atom is -0.329 e. The van der Waals surface area contributed by atoms with Crippen molar-refractivity contribution in [1.29, 1.82) is 0 Å². The van der Waals surface area contributed by atoms with E-state index in [2.05, 4.69) is 10.3 Å². The van der Waals surface area contributed by atoms with E-state index < -0.39 is 0 Å². The summed E-state index contributed by atoms with van der Waals surface area (Å²) < 4.78 is 15.6. The maximum atomic E-state index is 13.7. The van der Waals surface area contributed by atoms with E-state index >= 15 is 0 Å². The van der Waals surface area contributed by atoms with E-state index in [1.54, 1.807) is 24.0 Å². The molecule has 2 aromatic carbocycles. The van der Waals surface area contributed by atoms with Gasteiger partial charge in [0.1, 0.15) is 5.82 Å². The maximum absolute atomic E-state index is 13.7. The zero-order valence-corrected chi connectivity index (χ0v) is 16.7. The standard InChI is InChI=1S/C20H20FN3OS2/c1-14(26-13-15-6-4-3-5-7-15)19(25)23-17-12-16(21)8-9-18(17)27-20-22-10-11-24(20)2/h3-12,14H,13H2,1-2H3,(H,23,25). The van der Waals surface area contributed by atoms with Crippen molar-refractivity contribution in [3.05, 3.63) is 72.3 Å². The average molecular weight is 402 g/mol. The summed E-state index contributed by atoms with van der Waals surface area (Å²) in [6.45, 7) is 1.85. The number of halogens is 1. The number of carbonyl (C=O) groups excluding carboxylic acids is 1. The minimum atomic E-state index is -0.390. The molecule has 3 rings (SSSR count). The van der Waals surface area contributed by atoms with Crippen LogP contribution in [0, 0.1) is 5.82 Å². The summed E-state index contributed by atoms with van der Waals surface area (Å²) in [5.41, 5.74) is 1.62. The monoisotopic (exact) mass is 401 g/mol. The van der Waals surface area contributed by atoms with Crippen LogP contribution in [0.15, 0.2) is 71.0 Å². The van der Waals surface area contributed by atoms with E-state index in [0.717, 1.165) is 15.8 Å². The number of nitrogens with one attached hydrogen (secondary N) is 1. The average Bonchev–Trinajstić information content (AvgIpc) is 3.07. The number of aromatic nitrogens is 2. The normalized spacial score (nSPS) is 12.0. The van der Waals surface area contributed by atoms with Gasteiger partial charge in [0, 0.05) is 30.1 Å². The zero-order chi connectivity index (χ0) is 19.2. The van der Waals surface area contributed by atoms with Gasteiger partial charge in [-0.3, -0.25) is 4.79 Å². The first kappa shape index (κ1) is 19.5. The van der Waals surface area contributed by atoms with Gasteiger partial charge in [-0.15, -0.1) is 11.8 Å². The highest BCUT2D eigenvalue weighted by Crippen LogP contribution is 2.33. The first-order chi connectivity index (χ1) is 13.0. The molecule has 0 aliphatic rings. The molecule has 0 saturated carbocycles. The van der Waals surface area contributed by atoms with Crippen LogP contribution >= 0.6 is 23.5 Å². The Hall–Kier alpha value is -2.25. The molecule has 0 aliphatic heterocycles. The van der Waals surface area contributed by atoms with Crippen molar-refractivity contribution in [2.75, 3.05) is 5.32 Å². The molecule has 1 atom stereocenters. The van der Waals surface area contributed by atoms with Crippen molar-refractivity contribution >= 4 is 35.1 Å². The van der Waals surface area contributed by atoms with Crippen LogP contribution in [-0.4, -0.2) is 20.7 Å². The number of aryl methyl sites for hydroxylation is 1. The Labute approximate surface area is 166 Å². The van der Waals surface area contributed by atoms with Gasteiger partial charge in [0.05, 0.1) is 10.9 Å². The van der Waals surface area contributed by atoms with Crippen molar-refractivity contribution in [2.24, 2.45) is 7.05 Å². The van der Waals surface area contributed by atoms with Crippen LogP contribution in [0.2, 0.25) is 0 Å². The predicted molar refractivity (Wildman–Crippen MR) is 110 cm³/mol. The Morgan fingerprint density at radius 3 is 2.74 bits per heavy atom. The van der Waals surface area contributed by atoms with Crippen LogP contribution < -0.4 is 5.32 Å². The SMILES string of the molecule is CC(SCc1ccccc1)C(=O)Nc1cc(F)ccc1Sc1nccn1C. The molecule has 3 aromatic rings. The molecule has 0 bridgehead atoms. The second-order valence-corrected chi connectivity index (χ2v) is 8.33. The van der Waals surface area contributed by atoms with Crippen molar-refractivity contribution in [3.8, 4) is 0 Å². The molecule has 1 N–H and O–H groups in total. The number of thioether (sulfide) groups is 1. The van der Waals surface area contributed by atoms with Crippen molar-refractivity contribution < 1.29 is 9.18 Å². The first-order valence-corrected chi connectivity index (χ1v) is 10.3. The lowest BCUT2D eigenvalue weighted by atomic mass is 10.2. The van der Waals surface area contributed by atoms with E-state index in [4.69, 9.17) is 0 Å². The van der Waals surface area contributed by atoms with Crippen LogP contribution in [0.1, 0.15) is 12.5 Å². The largest absolute Gasteiger partial charge is 0.329 e. The van der Waals surface area contributed by atoms with Crippen LogP contribution in [-0.2, 0) is 17.6 Å². The maximum Gasteiger partial charge on any atom is 0.237 e. The van der Waals surface area contributed by atoms with Gasteiger partial charge in [0.25, 0.3) is 0 Å². The number of rotatable bonds is 7. The lowest BCUT2D eigenvalue weighted by molar-refractivity contribution is -0.115. The molecular weight excluding hydrogens is 381 g/mol. The summed E-state index contributed by atoms with van der Waals surface area (Å²) in [6.07, 6.45) is 3.54. The number of amides is 1. The third-order valence-electron chi connectivity index (χ3n) is 3.89. The summed E-state index contributed by atoms with van der Waals surface area (Å²) in [5, 5.41) is 3.36. The number of imidazole rings is 1. The molecule has 0 fully saturated rings. The number of hydrogen-bond donors (Lipinski definition) is 1. The summed E-state index contributed by atoms with van der Waals surface area (Å²) >= 11 is 2.93. The highest BCUT2D eigenvalue weighted by atomic mass is 32.2. The Kier molecular flexibility index (Phi) is 6.58. The van der Waals surface area contributed by atoms with Gasteiger partial charge in [-0.2, -0.15) is 0 Å². The Bertz CT molecular complexity index is 915. The van der Waals surface area contributed by atoms with Crippen LogP contribution in [0.25, 0.3) is 0 Å². The molecule has 0 spiro atoms. The number of carbonyl (C=O) groups is 1. The fraction of sp³-hybridized carbons (Fsp3) is 0.200. The summed E-state index contributed by atoms with van der Waals surface area (Å²) in [5.74, 6) is 0.204. The smallest absolute Gasteiger partial charge is 0.237 e. The minimum absolute atomic E-state index is 0.150. The summed E-state index contributed by atoms with van der Waals surface area (Å²) in [7, 11) is 1.89. The van der Waals surface area contributed by atoms with Crippen molar-refractivity contribution in [3.63, 3.8) is 0 Å². The van der Waals surface area contributed by atoms with Gasteiger partial charge in [0.15, 0.2) is 5.16 Å². The van der Waals surface area contributed by atoms with E-state index in [-0.39, 0.29) is 17.0 Å².